The summed E-state index contributed by atoms with van der Waals surface area (Å²) in [6.45, 7) is 5.73. The van der Waals surface area contributed by atoms with E-state index in [0.717, 1.165) is 0 Å². The highest BCUT2D eigenvalue weighted by Gasteiger charge is 2.13. The lowest BCUT2D eigenvalue weighted by atomic mass is 10.1. The summed E-state index contributed by atoms with van der Waals surface area (Å²) in [6.07, 6.45) is 0. The van der Waals surface area contributed by atoms with E-state index in [1.54, 1.807) is 24.3 Å². The standard InChI is InChI=1S/C13H20N4O2/c1-13(2,3)17-12(18)16-9-5-4-6-10(7-9)19-8-11(14)15/h4-7H,8H2,1-3H3,(H3,14,15)(H2,16,17,18). The summed E-state index contributed by atoms with van der Waals surface area (Å²) in [7, 11) is 0. The molecular formula is C13H20N4O2. The summed E-state index contributed by atoms with van der Waals surface area (Å²) in [5.74, 6) is 0.493. The zero-order valence-corrected chi connectivity index (χ0v) is 11.4. The molecule has 104 valence electrons. The fourth-order valence-electron chi connectivity index (χ4n) is 1.33. The molecule has 2 amide bonds. The number of nitrogens with one attached hydrogen (secondary N) is 3. The van der Waals surface area contributed by atoms with Crippen LogP contribution in [0.5, 0.6) is 5.75 Å². The molecule has 6 heteroatoms. The average Bonchev–Trinajstić information content (AvgIpc) is 2.24. The molecule has 1 aromatic carbocycles. The molecule has 0 aromatic heterocycles. The average molecular weight is 264 g/mol. The summed E-state index contributed by atoms with van der Waals surface area (Å²) in [6, 6.07) is 6.63. The molecular weight excluding hydrogens is 244 g/mol. The Bertz CT molecular complexity index is 466. The Kier molecular flexibility index (Phi) is 4.74. The SMILES string of the molecule is CC(C)(C)NC(=O)Nc1cccc(OCC(=N)N)c1. The highest BCUT2D eigenvalue weighted by Crippen LogP contribution is 2.17. The number of amidine groups is 1. The van der Waals surface area contributed by atoms with Crippen molar-refractivity contribution >= 4 is 17.6 Å². The van der Waals surface area contributed by atoms with Crippen LogP contribution in [-0.4, -0.2) is 24.0 Å². The molecule has 0 aliphatic heterocycles. The molecule has 19 heavy (non-hydrogen) atoms. The van der Waals surface area contributed by atoms with Gasteiger partial charge in [-0.1, -0.05) is 6.07 Å². The van der Waals surface area contributed by atoms with Crippen molar-refractivity contribution in [2.45, 2.75) is 26.3 Å². The van der Waals surface area contributed by atoms with E-state index >= 15 is 0 Å². The van der Waals surface area contributed by atoms with Gasteiger partial charge in [-0.05, 0) is 32.9 Å². The first-order valence-electron chi connectivity index (χ1n) is 5.91. The monoisotopic (exact) mass is 264 g/mol. The number of urea groups is 1. The van der Waals surface area contributed by atoms with E-state index in [4.69, 9.17) is 15.9 Å². The molecule has 1 aromatic rings. The number of ether oxygens (including phenoxy) is 1. The van der Waals surface area contributed by atoms with Crippen molar-refractivity contribution in [1.82, 2.24) is 5.32 Å². The van der Waals surface area contributed by atoms with Crippen LogP contribution in [0.2, 0.25) is 0 Å². The van der Waals surface area contributed by atoms with Gasteiger partial charge in [-0.15, -0.1) is 0 Å². The molecule has 6 nitrogen and oxygen atoms in total. The van der Waals surface area contributed by atoms with Crippen molar-refractivity contribution in [3.05, 3.63) is 24.3 Å². The number of amides is 2. The van der Waals surface area contributed by atoms with Crippen LogP contribution in [0.1, 0.15) is 20.8 Å². The minimum atomic E-state index is -0.299. The Balaban J connectivity index is 2.61. The maximum atomic E-state index is 11.7. The van der Waals surface area contributed by atoms with E-state index < -0.39 is 0 Å². The number of nitrogens with two attached hydrogens (primary N) is 1. The third-order valence-electron chi connectivity index (χ3n) is 1.97. The van der Waals surface area contributed by atoms with Gasteiger partial charge in [-0.2, -0.15) is 0 Å². The predicted molar refractivity (Wildman–Crippen MR) is 75.8 cm³/mol. The first-order valence-corrected chi connectivity index (χ1v) is 5.91. The quantitative estimate of drug-likeness (QED) is 0.493. The Morgan fingerprint density at radius 1 is 1.42 bits per heavy atom. The highest BCUT2D eigenvalue weighted by molar-refractivity contribution is 5.89. The number of anilines is 1. The first-order chi connectivity index (χ1) is 8.76. The fourth-order valence-corrected chi connectivity index (χ4v) is 1.33. The molecule has 0 saturated carbocycles. The molecule has 0 saturated heterocycles. The fraction of sp³-hybridized carbons (Fsp3) is 0.385. The van der Waals surface area contributed by atoms with Gasteiger partial charge in [0.1, 0.15) is 18.2 Å². The van der Waals surface area contributed by atoms with Crippen LogP contribution in [0.25, 0.3) is 0 Å². The van der Waals surface area contributed by atoms with E-state index in [1.165, 1.54) is 0 Å². The van der Waals surface area contributed by atoms with Gasteiger partial charge in [0.15, 0.2) is 0 Å². The van der Waals surface area contributed by atoms with E-state index in [2.05, 4.69) is 10.6 Å². The number of carbonyl (C=O) groups is 1. The molecule has 0 aliphatic rings. The zero-order valence-electron chi connectivity index (χ0n) is 11.4. The van der Waals surface area contributed by atoms with Crippen molar-refractivity contribution in [2.75, 3.05) is 11.9 Å². The molecule has 1 rings (SSSR count). The van der Waals surface area contributed by atoms with Gasteiger partial charge < -0.3 is 21.1 Å². The van der Waals surface area contributed by atoms with Crippen molar-refractivity contribution in [1.29, 1.82) is 5.41 Å². The van der Waals surface area contributed by atoms with Crippen molar-refractivity contribution in [3.8, 4) is 5.75 Å². The minimum absolute atomic E-state index is 0.0254. The minimum Gasteiger partial charge on any atom is -0.486 e. The lowest BCUT2D eigenvalue weighted by Crippen LogP contribution is -2.43. The third-order valence-corrected chi connectivity index (χ3v) is 1.97. The molecule has 5 N–H and O–H groups in total. The molecule has 0 bridgehead atoms. The number of carbonyl (C=O) groups excluding carboxylic acids is 1. The number of benzene rings is 1. The van der Waals surface area contributed by atoms with Crippen LogP contribution >= 0.6 is 0 Å². The maximum Gasteiger partial charge on any atom is 0.319 e. The Morgan fingerprint density at radius 2 is 2.11 bits per heavy atom. The summed E-state index contributed by atoms with van der Waals surface area (Å²) >= 11 is 0. The summed E-state index contributed by atoms with van der Waals surface area (Å²) in [5, 5.41) is 12.6. The predicted octanol–water partition coefficient (Wildman–Crippen LogP) is 1.92. The largest absolute Gasteiger partial charge is 0.486 e. The molecule has 0 atom stereocenters. The van der Waals surface area contributed by atoms with E-state index in [-0.39, 0.29) is 24.0 Å². The topological polar surface area (TPSA) is 100 Å². The summed E-state index contributed by atoms with van der Waals surface area (Å²) in [5.41, 5.74) is 5.52. The number of hydrogen-bond acceptors (Lipinski definition) is 3. The molecule has 0 spiro atoms. The van der Waals surface area contributed by atoms with Gasteiger partial charge in [-0.3, -0.25) is 5.41 Å². The van der Waals surface area contributed by atoms with E-state index in [0.29, 0.717) is 11.4 Å². The number of rotatable bonds is 4. The molecule has 0 aliphatic carbocycles. The van der Waals surface area contributed by atoms with Gasteiger partial charge in [0.05, 0.1) is 0 Å². The maximum absolute atomic E-state index is 11.7. The smallest absolute Gasteiger partial charge is 0.319 e. The van der Waals surface area contributed by atoms with Crippen molar-refractivity contribution in [2.24, 2.45) is 5.73 Å². The van der Waals surface area contributed by atoms with Gasteiger partial charge in [0.2, 0.25) is 0 Å². The first kappa shape index (κ1) is 14.8. The second-order valence-electron chi connectivity index (χ2n) is 5.17. The van der Waals surface area contributed by atoms with Gasteiger partial charge in [0, 0.05) is 17.3 Å². The van der Waals surface area contributed by atoms with Crippen LogP contribution < -0.4 is 21.1 Å². The summed E-state index contributed by atoms with van der Waals surface area (Å²) in [4.78, 5) is 11.7. The normalized spacial score (nSPS) is 10.7. The number of hydrogen-bond donors (Lipinski definition) is 4. The van der Waals surface area contributed by atoms with Crippen LogP contribution in [0.3, 0.4) is 0 Å². The van der Waals surface area contributed by atoms with Crippen LogP contribution in [0, 0.1) is 5.41 Å². The second-order valence-corrected chi connectivity index (χ2v) is 5.17. The molecule has 0 heterocycles. The zero-order chi connectivity index (χ0) is 14.5. The van der Waals surface area contributed by atoms with E-state index in [1.807, 2.05) is 20.8 Å². The Hall–Kier alpha value is -2.24. The third kappa shape index (κ3) is 6.30. The van der Waals surface area contributed by atoms with Gasteiger partial charge in [0.25, 0.3) is 0 Å². The summed E-state index contributed by atoms with van der Waals surface area (Å²) < 4.78 is 5.27. The Labute approximate surface area is 112 Å². The lowest BCUT2D eigenvalue weighted by Gasteiger charge is -2.20. The van der Waals surface area contributed by atoms with Crippen LogP contribution in [0.15, 0.2) is 24.3 Å². The van der Waals surface area contributed by atoms with Crippen molar-refractivity contribution < 1.29 is 9.53 Å². The lowest BCUT2D eigenvalue weighted by molar-refractivity contribution is 0.244. The highest BCUT2D eigenvalue weighted by atomic mass is 16.5. The molecule has 0 unspecified atom stereocenters. The molecule has 0 fully saturated rings. The Morgan fingerprint density at radius 3 is 2.68 bits per heavy atom. The van der Waals surface area contributed by atoms with Gasteiger partial charge in [-0.25, -0.2) is 4.79 Å². The molecule has 0 radical (unpaired) electrons. The van der Waals surface area contributed by atoms with Crippen molar-refractivity contribution in [3.63, 3.8) is 0 Å². The van der Waals surface area contributed by atoms with Gasteiger partial charge >= 0.3 is 6.03 Å². The second kappa shape index (κ2) is 6.08. The van der Waals surface area contributed by atoms with Crippen LogP contribution in [-0.2, 0) is 0 Å². The van der Waals surface area contributed by atoms with E-state index in [9.17, 15) is 4.79 Å². The van der Waals surface area contributed by atoms with Crippen LogP contribution in [0.4, 0.5) is 10.5 Å².